The maximum absolute atomic E-state index is 12.0. The van der Waals surface area contributed by atoms with Gasteiger partial charge in [-0.05, 0) is 31.0 Å². The van der Waals surface area contributed by atoms with E-state index in [0.717, 1.165) is 18.5 Å². The van der Waals surface area contributed by atoms with Crippen molar-refractivity contribution in [3.63, 3.8) is 0 Å². The molecule has 1 aromatic carbocycles. The monoisotopic (exact) mass is 344 g/mol. The second-order valence-electron chi connectivity index (χ2n) is 6.03. The molecule has 25 heavy (non-hydrogen) atoms. The van der Waals surface area contributed by atoms with Crippen LogP contribution in [0.2, 0.25) is 0 Å². The highest BCUT2D eigenvalue weighted by Gasteiger charge is 2.22. The first-order valence-corrected chi connectivity index (χ1v) is 8.34. The molecule has 1 amide bonds. The smallest absolute Gasteiger partial charge is 0.335 e. The summed E-state index contributed by atoms with van der Waals surface area (Å²) in [5.41, 5.74) is 1.01. The summed E-state index contributed by atoms with van der Waals surface area (Å²) in [7, 11) is 0. The summed E-state index contributed by atoms with van der Waals surface area (Å²) >= 11 is 0. The molecule has 2 aromatic rings. The number of nitrogens with zero attached hydrogens (tertiary/aromatic N) is 1. The maximum atomic E-state index is 12.0. The fourth-order valence-electron chi connectivity index (χ4n) is 2.95. The first-order valence-electron chi connectivity index (χ1n) is 8.34. The van der Waals surface area contributed by atoms with Gasteiger partial charge in [-0.15, -0.1) is 0 Å². The fraction of sp³-hybridized carbons (Fsp3) is 0.389. The van der Waals surface area contributed by atoms with Crippen molar-refractivity contribution in [3.05, 3.63) is 47.3 Å². The predicted octanol–water partition coefficient (Wildman–Crippen LogP) is 2.84. The van der Waals surface area contributed by atoms with Gasteiger partial charge in [-0.2, -0.15) is 0 Å². The number of carbonyl (C=O) groups is 2. The number of rotatable bonds is 7. The van der Waals surface area contributed by atoms with Gasteiger partial charge in [0.15, 0.2) is 0 Å². The maximum Gasteiger partial charge on any atom is 0.335 e. The molecule has 132 valence electrons. The summed E-state index contributed by atoms with van der Waals surface area (Å²) in [6, 6.07) is 7.91. The molecule has 1 aliphatic carbocycles. The second kappa shape index (κ2) is 7.83. The summed E-state index contributed by atoms with van der Waals surface area (Å²) in [5.74, 6) is -0.302. The van der Waals surface area contributed by atoms with Gasteiger partial charge >= 0.3 is 5.97 Å². The van der Waals surface area contributed by atoms with Crippen molar-refractivity contribution in [2.24, 2.45) is 0 Å². The Labute approximate surface area is 145 Å². The van der Waals surface area contributed by atoms with Crippen molar-refractivity contribution in [2.45, 2.75) is 31.6 Å². The molecule has 2 N–H and O–H groups in total. The lowest BCUT2D eigenvalue weighted by atomic mass is 10.0. The Morgan fingerprint density at radius 1 is 1.28 bits per heavy atom. The number of hydrogen-bond donors (Lipinski definition) is 2. The fourth-order valence-corrected chi connectivity index (χ4v) is 2.95. The van der Waals surface area contributed by atoms with Crippen LogP contribution in [0.5, 0.6) is 5.75 Å². The Kier molecular flexibility index (Phi) is 5.33. The lowest BCUT2D eigenvalue weighted by Crippen LogP contribution is -2.27. The molecule has 0 spiro atoms. The molecule has 0 bridgehead atoms. The van der Waals surface area contributed by atoms with Crippen LogP contribution < -0.4 is 10.1 Å². The van der Waals surface area contributed by atoms with Crippen LogP contribution in [0.15, 0.2) is 34.9 Å². The largest absolute Gasteiger partial charge is 0.492 e. The van der Waals surface area contributed by atoms with Gasteiger partial charge in [0.05, 0.1) is 17.8 Å². The molecule has 7 heteroatoms. The zero-order valence-electron chi connectivity index (χ0n) is 13.7. The van der Waals surface area contributed by atoms with Crippen molar-refractivity contribution in [1.82, 2.24) is 10.5 Å². The van der Waals surface area contributed by atoms with Gasteiger partial charge in [-0.25, -0.2) is 4.79 Å². The van der Waals surface area contributed by atoms with Crippen molar-refractivity contribution >= 4 is 11.9 Å². The third-order valence-electron chi connectivity index (χ3n) is 4.26. The molecular weight excluding hydrogens is 324 g/mol. The molecule has 0 unspecified atom stereocenters. The van der Waals surface area contributed by atoms with Crippen LogP contribution in [-0.2, 0) is 0 Å². The van der Waals surface area contributed by atoms with Crippen LogP contribution in [-0.4, -0.2) is 35.3 Å². The first-order chi connectivity index (χ1) is 12.1. The molecule has 0 aliphatic heterocycles. The van der Waals surface area contributed by atoms with Crippen LogP contribution >= 0.6 is 0 Å². The van der Waals surface area contributed by atoms with Crippen molar-refractivity contribution < 1.29 is 24.0 Å². The Bertz CT molecular complexity index is 749. The minimum absolute atomic E-state index is 0.155. The van der Waals surface area contributed by atoms with E-state index < -0.39 is 5.97 Å². The Balaban J connectivity index is 1.45. The Morgan fingerprint density at radius 3 is 2.84 bits per heavy atom. The van der Waals surface area contributed by atoms with Crippen LogP contribution in [0.4, 0.5) is 0 Å². The van der Waals surface area contributed by atoms with Crippen molar-refractivity contribution in [3.8, 4) is 5.75 Å². The van der Waals surface area contributed by atoms with E-state index in [1.807, 2.05) is 0 Å². The normalized spacial score (nSPS) is 14.4. The molecule has 1 saturated carbocycles. The molecule has 7 nitrogen and oxygen atoms in total. The molecule has 1 heterocycles. The number of ether oxygens (including phenoxy) is 1. The minimum atomic E-state index is -1.01. The summed E-state index contributed by atoms with van der Waals surface area (Å²) in [4.78, 5) is 22.9. The molecule has 1 aliphatic rings. The van der Waals surface area contributed by atoms with E-state index in [4.69, 9.17) is 14.4 Å². The van der Waals surface area contributed by atoms with Gasteiger partial charge in [0.1, 0.15) is 12.4 Å². The topological polar surface area (TPSA) is 102 Å². The standard InChI is InChI=1S/C18H20N2O5/c21-17(16-11-15(20-25-16)12-4-1-2-5-12)19-8-9-24-14-7-3-6-13(10-14)18(22)23/h3,6-7,10-12H,1-2,4-5,8-9H2,(H,19,21)(H,22,23). The number of carbonyl (C=O) groups excluding carboxylic acids is 1. The zero-order chi connectivity index (χ0) is 17.6. The van der Waals surface area contributed by atoms with E-state index in [1.54, 1.807) is 18.2 Å². The molecule has 0 radical (unpaired) electrons. The SMILES string of the molecule is O=C(O)c1cccc(OCCNC(=O)c2cc(C3CCCC3)no2)c1. The van der Waals surface area contributed by atoms with E-state index in [0.29, 0.717) is 11.7 Å². The zero-order valence-corrected chi connectivity index (χ0v) is 13.7. The van der Waals surface area contributed by atoms with E-state index in [9.17, 15) is 9.59 Å². The Hall–Kier alpha value is -2.83. The molecule has 3 rings (SSSR count). The molecule has 1 fully saturated rings. The number of carboxylic acid groups (broad SMARTS) is 1. The van der Waals surface area contributed by atoms with Gasteiger partial charge in [0, 0.05) is 12.0 Å². The molecule has 0 saturated heterocycles. The lowest BCUT2D eigenvalue weighted by molar-refractivity contribution is 0.0696. The quantitative estimate of drug-likeness (QED) is 0.749. The van der Waals surface area contributed by atoms with Gasteiger partial charge in [-0.3, -0.25) is 4.79 Å². The van der Waals surface area contributed by atoms with E-state index in [-0.39, 0.29) is 30.4 Å². The van der Waals surface area contributed by atoms with E-state index in [1.165, 1.54) is 25.0 Å². The average Bonchev–Trinajstić information content (AvgIpc) is 3.29. The number of aromatic carboxylic acids is 1. The summed E-state index contributed by atoms with van der Waals surface area (Å²) in [5, 5.41) is 15.6. The summed E-state index contributed by atoms with van der Waals surface area (Å²) < 4.78 is 10.6. The third-order valence-corrected chi connectivity index (χ3v) is 4.26. The second-order valence-corrected chi connectivity index (χ2v) is 6.03. The van der Waals surface area contributed by atoms with Gasteiger partial charge in [0.2, 0.25) is 5.76 Å². The van der Waals surface area contributed by atoms with Crippen LogP contribution in [0, 0.1) is 0 Å². The molecule has 1 aromatic heterocycles. The number of benzene rings is 1. The van der Waals surface area contributed by atoms with Crippen LogP contribution in [0.1, 0.15) is 58.2 Å². The van der Waals surface area contributed by atoms with Crippen LogP contribution in [0.25, 0.3) is 0 Å². The highest BCUT2D eigenvalue weighted by Crippen LogP contribution is 2.33. The number of nitrogens with one attached hydrogen (secondary N) is 1. The predicted molar refractivity (Wildman–Crippen MR) is 88.9 cm³/mol. The van der Waals surface area contributed by atoms with Crippen molar-refractivity contribution in [2.75, 3.05) is 13.2 Å². The van der Waals surface area contributed by atoms with E-state index in [2.05, 4.69) is 10.5 Å². The molecule has 0 atom stereocenters. The summed E-state index contributed by atoms with van der Waals surface area (Å²) in [6.07, 6.45) is 4.58. The highest BCUT2D eigenvalue weighted by molar-refractivity contribution is 5.91. The average molecular weight is 344 g/mol. The highest BCUT2D eigenvalue weighted by atomic mass is 16.5. The van der Waals surface area contributed by atoms with Gasteiger partial charge in [0.25, 0.3) is 5.91 Å². The summed E-state index contributed by atoms with van der Waals surface area (Å²) in [6.45, 7) is 0.494. The van der Waals surface area contributed by atoms with Gasteiger partial charge in [-0.1, -0.05) is 24.1 Å². The lowest BCUT2D eigenvalue weighted by Gasteiger charge is -2.07. The van der Waals surface area contributed by atoms with Crippen molar-refractivity contribution in [1.29, 1.82) is 0 Å². The van der Waals surface area contributed by atoms with Crippen LogP contribution in [0.3, 0.4) is 0 Å². The first kappa shape index (κ1) is 17.0. The Morgan fingerprint density at radius 2 is 2.08 bits per heavy atom. The molecular formula is C18H20N2O5. The number of carboxylic acids is 1. The minimum Gasteiger partial charge on any atom is -0.492 e. The van der Waals surface area contributed by atoms with E-state index >= 15 is 0 Å². The number of amides is 1. The number of aromatic nitrogens is 1. The van der Waals surface area contributed by atoms with Gasteiger partial charge < -0.3 is 19.7 Å². The third kappa shape index (κ3) is 4.37. The number of hydrogen-bond acceptors (Lipinski definition) is 5.